The summed E-state index contributed by atoms with van der Waals surface area (Å²) in [6, 6.07) is 0. The number of carbonyl (C=O) groups excluding carboxylic acids is 1. The summed E-state index contributed by atoms with van der Waals surface area (Å²) >= 11 is 0.982. The van der Waals surface area contributed by atoms with E-state index in [2.05, 4.69) is 22.1 Å². The van der Waals surface area contributed by atoms with Gasteiger partial charge in [0.25, 0.3) is 10.0 Å². The monoisotopic (exact) mass is 318 g/mol. The minimum atomic E-state index is -3.50. The number of hydrogen-bond acceptors (Lipinski definition) is 6. The highest BCUT2D eigenvalue weighted by Crippen LogP contribution is 2.26. The van der Waals surface area contributed by atoms with Crippen molar-refractivity contribution in [1.29, 1.82) is 0 Å². The summed E-state index contributed by atoms with van der Waals surface area (Å²) in [6.07, 6.45) is 1.30. The Morgan fingerprint density at radius 1 is 1.40 bits per heavy atom. The first-order valence-electron chi connectivity index (χ1n) is 6.39. The average Bonchev–Trinajstić information content (AvgIpc) is 2.87. The first-order chi connectivity index (χ1) is 9.43. The average molecular weight is 318 g/mol. The second-order valence-corrected chi connectivity index (χ2v) is 7.70. The van der Waals surface area contributed by atoms with Crippen LogP contribution in [0.15, 0.2) is 10.4 Å². The predicted molar refractivity (Wildman–Crippen MR) is 77.3 cm³/mol. The van der Waals surface area contributed by atoms with Crippen LogP contribution in [0.2, 0.25) is 0 Å². The van der Waals surface area contributed by atoms with Crippen molar-refractivity contribution in [2.75, 3.05) is 38.0 Å². The molecule has 1 fully saturated rings. The van der Waals surface area contributed by atoms with E-state index in [-0.39, 0.29) is 10.1 Å². The molecule has 0 unspecified atom stereocenters. The van der Waals surface area contributed by atoms with Crippen molar-refractivity contribution in [2.45, 2.75) is 18.1 Å². The van der Waals surface area contributed by atoms with Crippen LogP contribution in [-0.2, 0) is 14.8 Å². The van der Waals surface area contributed by atoms with Crippen molar-refractivity contribution in [2.24, 2.45) is 0 Å². The van der Waals surface area contributed by atoms with Crippen LogP contribution >= 0.6 is 11.3 Å². The van der Waals surface area contributed by atoms with Gasteiger partial charge in [-0.05, 0) is 6.54 Å². The van der Waals surface area contributed by atoms with Crippen LogP contribution in [0.5, 0.6) is 0 Å². The van der Waals surface area contributed by atoms with Crippen molar-refractivity contribution in [1.82, 2.24) is 14.2 Å². The molecule has 0 saturated carbocycles. The summed E-state index contributed by atoms with van der Waals surface area (Å²) in [6.45, 7) is 6.82. The normalized spacial score (nSPS) is 18.1. The molecule has 2 rings (SSSR count). The topological polar surface area (TPSA) is 82.6 Å². The molecule has 1 aromatic heterocycles. The number of piperazine rings is 1. The summed E-state index contributed by atoms with van der Waals surface area (Å²) < 4.78 is 26.5. The number of thiazole rings is 1. The molecule has 1 amide bonds. The fourth-order valence-corrected chi connectivity index (χ4v) is 4.66. The number of amides is 1. The van der Waals surface area contributed by atoms with E-state index in [1.165, 1.54) is 17.4 Å². The first-order valence-corrected chi connectivity index (χ1v) is 8.65. The molecular formula is C11H18N4O3S2. The maximum atomic E-state index is 12.4. The molecule has 0 spiro atoms. The van der Waals surface area contributed by atoms with Crippen LogP contribution in [0.1, 0.15) is 13.8 Å². The van der Waals surface area contributed by atoms with Crippen molar-refractivity contribution < 1.29 is 13.2 Å². The molecule has 0 aromatic carbocycles. The van der Waals surface area contributed by atoms with Gasteiger partial charge in [-0.15, -0.1) is 0 Å². The SMILES string of the molecule is CCN1CCN(S(=O)(=O)c2cnc(NC(C)=O)s2)CC1. The third-order valence-corrected chi connectivity index (χ3v) is 6.39. The van der Waals surface area contributed by atoms with Gasteiger partial charge in [-0.1, -0.05) is 18.3 Å². The molecule has 0 aliphatic carbocycles. The third kappa shape index (κ3) is 3.35. The Morgan fingerprint density at radius 2 is 2.05 bits per heavy atom. The highest BCUT2D eigenvalue weighted by molar-refractivity contribution is 7.91. The fourth-order valence-electron chi connectivity index (χ4n) is 2.00. The third-order valence-electron chi connectivity index (χ3n) is 3.14. The molecule has 20 heavy (non-hydrogen) atoms. The van der Waals surface area contributed by atoms with Crippen LogP contribution in [0.3, 0.4) is 0 Å². The van der Waals surface area contributed by atoms with Gasteiger partial charge in [0.15, 0.2) is 9.34 Å². The number of nitrogens with one attached hydrogen (secondary N) is 1. The standard InChI is InChI=1S/C11H18N4O3S2/c1-3-14-4-6-15(7-5-14)20(17,18)10-8-12-11(19-10)13-9(2)16/h8H,3-7H2,1-2H3,(H,12,13,16). The Hall–Kier alpha value is -1.03. The molecule has 112 valence electrons. The van der Waals surface area contributed by atoms with E-state index in [0.717, 1.165) is 31.0 Å². The molecule has 0 radical (unpaired) electrons. The second kappa shape index (κ2) is 6.17. The maximum Gasteiger partial charge on any atom is 0.254 e. The molecule has 1 aliphatic heterocycles. The minimum Gasteiger partial charge on any atom is -0.302 e. The lowest BCUT2D eigenvalue weighted by molar-refractivity contribution is -0.114. The lowest BCUT2D eigenvalue weighted by atomic mass is 10.4. The molecule has 0 bridgehead atoms. The highest BCUT2D eigenvalue weighted by atomic mass is 32.2. The molecule has 1 aliphatic rings. The number of likely N-dealkylation sites (N-methyl/N-ethyl adjacent to an activating group) is 1. The van der Waals surface area contributed by atoms with Crippen molar-refractivity contribution >= 4 is 32.4 Å². The van der Waals surface area contributed by atoms with Gasteiger partial charge in [-0.3, -0.25) is 4.79 Å². The summed E-state index contributed by atoms with van der Waals surface area (Å²) in [4.78, 5) is 17.1. The molecule has 7 nitrogen and oxygen atoms in total. The molecule has 1 aromatic rings. The summed E-state index contributed by atoms with van der Waals surface area (Å²) in [5.74, 6) is -0.264. The fraction of sp³-hybridized carbons (Fsp3) is 0.636. The largest absolute Gasteiger partial charge is 0.302 e. The molecule has 0 atom stereocenters. The van der Waals surface area contributed by atoms with Crippen LogP contribution in [0.25, 0.3) is 0 Å². The van der Waals surface area contributed by atoms with Crippen LogP contribution in [0, 0.1) is 0 Å². The first kappa shape index (κ1) is 15.4. The van der Waals surface area contributed by atoms with Crippen LogP contribution < -0.4 is 5.32 Å². The Kier molecular flexibility index (Phi) is 4.74. The van der Waals surface area contributed by atoms with Gasteiger partial charge in [0.05, 0.1) is 6.20 Å². The zero-order valence-corrected chi connectivity index (χ0v) is 13.1. The van der Waals surface area contributed by atoms with Crippen molar-refractivity contribution in [3.8, 4) is 0 Å². The Bertz CT molecular complexity index is 576. The van der Waals surface area contributed by atoms with E-state index in [1.807, 2.05) is 0 Å². The zero-order chi connectivity index (χ0) is 14.8. The number of rotatable bonds is 4. The molecule has 1 N–H and O–H groups in total. The number of anilines is 1. The second-order valence-electron chi connectivity index (χ2n) is 4.50. The summed E-state index contributed by atoms with van der Waals surface area (Å²) in [5.41, 5.74) is 0. The quantitative estimate of drug-likeness (QED) is 0.870. The van der Waals surface area contributed by atoms with Gasteiger partial charge in [0.2, 0.25) is 5.91 Å². The summed E-state index contributed by atoms with van der Waals surface area (Å²) in [7, 11) is -3.50. The van der Waals surface area contributed by atoms with Crippen LogP contribution in [0.4, 0.5) is 5.13 Å². The maximum absolute atomic E-state index is 12.4. The Labute approximate surface area is 122 Å². The number of nitrogens with zero attached hydrogens (tertiary/aromatic N) is 3. The predicted octanol–water partition coefficient (Wildman–Crippen LogP) is 0.428. The van der Waals surface area contributed by atoms with Gasteiger partial charge in [-0.2, -0.15) is 4.31 Å². The Morgan fingerprint density at radius 3 is 2.60 bits per heavy atom. The smallest absolute Gasteiger partial charge is 0.254 e. The van der Waals surface area contributed by atoms with Crippen molar-refractivity contribution in [3.63, 3.8) is 0 Å². The van der Waals surface area contributed by atoms with E-state index in [0.29, 0.717) is 18.2 Å². The van der Waals surface area contributed by atoms with E-state index in [9.17, 15) is 13.2 Å². The number of aromatic nitrogens is 1. The van der Waals surface area contributed by atoms with Gasteiger partial charge in [-0.25, -0.2) is 13.4 Å². The van der Waals surface area contributed by atoms with Gasteiger partial charge in [0.1, 0.15) is 0 Å². The summed E-state index contributed by atoms with van der Waals surface area (Å²) in [5, 5.41) is 2.80. The van der Waals surface area contributed by atoms with E-state index < -0.39 is 10.0 Å². The molecule has 2 heterocycles. The van der Waals surface area contributed by atoms with E-state index in [1.54, 1.807) is 0 Å². The number of hydrogen-bond donors (Lipinski definition) is 1. The van der Waals surface area contributed by atoms with Crippen LogP contribution in [-0.4, -0.2) is 61.2 Å². The lowest BCUT2D eigenvalue weighted by Gasteiger charge is -2.32. The lowest BCUT2D eigenvalue weighted by Crippen LogP contribution is -2.48. The van der Waals surface area contributed by atoms with Crippen molar-refractivity contribution in [3.05, 3.63) is 6.20 Å². The molecule has 9 heteroatoms. The van der Waals surface area contributed by atoms with Gasteiger partial charge in [0, 0.05) is 33.1 Å². The Balaban J connectivity index is 2.10. The van der Waals surface area contributed by atoms with E-state index in [4.69, 9.17) is 0 Å². The minimum absolute atomic E-state index is 0.172. The number of sulfonamides is 1. The van der Waals surface area contributed by atoms with Gasteiger partial charge < -0.3 is 10.2 Å². The zero-order valence-electron chi connectivity index (χ0n) is 11.5. The van der Waals surface area contributed by atoms with E-state index >= 15 is 0 Å². The van der Waals surface area contributed by atoms with Gasteiger partial charge >= 0.3 is 0 Å². The number of carbonyl (C=O) groups is 1. The molecular weight excluding hydrogens is 300 g/mol. The molecule has 1 saturated heterocycles. The highest BCUT2D eigenvalue weighted by Gasteiger charge is 2.29.